The molecule has 0 aromatic heterocycles. The molecular weight excluding hydrogens is 194 g/mol. The van der Waals surface area contributed by atoms with Crippen LogP contribution in [-0.2, 0) is 9.59 Å². The lowest BCUT2D eigenvalue weighted by Crippen LogP contribution is -2.48. The average Bonchev–Trinajstić information content (AvgIpc) is 2.25. The molecule has 2 atom stereocenters. The number of nitrogens with zero attached hydrogens (tertiary/aromatic N) is 1. The molecule has 0 bridgehead atoms. The first kappa shape index (κ1) is 13.9. The van der Waals surface area contributed by atoms with E-state index in [2.05, 4.69) is 5.32 Å². The Hall–Kier alpha value is -1.10. The first-order valence-electron chi connectivity index (χ1n) is 5.15. The second-order valence-corrected chi connectivity index (χ2v) is 3.78. The van der Waals surface area contributed by atoms with Crippen molar-refractivity contribution in [2.24, 2.45) is 11.7 Å². The van der Waals surface area contributed by atoms with Gasteiger partial charge >= 0.3 is 0 Å². The van der Waals surface area contributed by atoms with Gasteiger partial charge < -0.3 is 16.0 Å². The van der Waals surface area contributed by atoms with E-state index in [-0.39, 0.29) is 24.3 Å². The molecule has 3 N–H and O–H groups in total. The molecule has 0 aliphatic heterocycles. The van der Waals surface area contributed by atoms with E-state index in [1.54, 1.807) is 7.05 Å². The zero-order valence-electron chi connectivity index (χ0n) is 9.91. The standard InChI is InChI=1S/C10H21N3O2/c1-5-7(2)9(11)10(15)13(4)6-8(14)12-3/h7,9H,5-6,11H2,1-4H3,(H,12,14)/t7-,9-/m0/s1. The lowest BCUT2D eigenvalue weighted by Gasteiger charge is -2.23. The molecule has 0 aromatic carbocycles. The van der Waals surface area contributed by atoms with Crippen molar-refractivity contribution in [1.82, 2.24) is 10.2 Å². The number of likely N-dealkylation sites (N-methyl/N-ethyl adjacent to an activating group) is 2. The van der Waals surface area contributed by atoms with E-state index in [0.29, 0.717) is 0 Å². The van der Waals surface area contributed by atoms with Crippen LogP contribution in [-0.4, -0.2) is 43.4 Å². The summed E-state index contributed by atoms with van der Waals surface area (Å²) < 4.78 is 0. The van der Waals surface area contributed by atoms with Crippen LogP contribution in [0.1, 0.15) is 20.3 Å². The summed E-state index contributed by atoms with van der Waals surface area (Å²) in [4.78, 5) is 24.1. The van der Waals surface area contributed by atoms with E-state index in [1.807, 2.05) is 13.8 Å². The van der Waals surface area contributed by atoms with Crippen molar-refractivity contribution >= 4 is 11.8 Å². The summed E-state index contributed by atoms with van der Waals surface area (Å²) in [6.45, 7) is 3.96. The first-order valence-corrected chi connectivity index (χ1v) is 5.15. The highest BCUT2D eigenvalue weighted by Crippen LogP contribution is 2.07. The summed E-state index contributed by atoms with van der Waals surface area (Å²) >= 11 is 0. The summed E-state index contributed by atoms with van der Waals surface area (Å²) in [5, 5.41) is 2.46. The average molecular weight is 215 g/mol. The number of rotatable bonds is 5. The van der Waals surface area contributed by atoms with E-state index < -0.39 is 6.04 Å². The maximum Gasteiger partial charge on any atom is 0.239 e. The van der Waals surface area contributed by atoms with Gasteiger partial charge in [-0.1, -0.05) is 20.3 Å². The van der Waals surface area contributed by atoms with E-state index in [4.69, 9.17) is 5.73 Å². The number of nitrogens with one attached hydrogen (secondary N) is 1. The molecule has 0 aromatic rings. The minimum Gasteiger partial charge on any atom is -0.358 e. The van der Waals surface area contributed by atoms with E-state index >= 15 is 0 Å². The van der Waals surface area contributed by atoms with Gasteiger partial charge in [-0.3, -0.25) is 9.59 Å². The van der Waals surface area contributed by atoms with Crippen molar-refractivity contribution < 1.29 is 9.59 Å². The summed E-state index contributed by atoms with van der Waals surface area (Å²) in [6, 6.07) is -0.523. The summed E-state index contributed by atoms with van der Waals surface area (Å²) in [5.74, 6) is -0.250. The molecule has 88 valence electrons. The zero-order valence-corrected chi connectivity index (χ0v) is 9.91. The van der Waals surface area contributed by atoms with Crippen molar-refractivity contribution in [3.05, 3.63) is 0 Å². The SMILES string of the molecule is CC[C@H](C)[C@H](N)C(=O)N(C)CC(=O)NC. The number of nitrogens with two attached hydrogens (primary N) is 1. The lowest BCUT2D eigenvalue weighted by molar-refractivity contribution is -0.136. The number of amides is 2. The minimum absolute atomic E-state index is 0.0550. The van der Waals surface area contributed by atoms with E-state index in [0.717, 1.165) is 6.42 Å². The van der Waals surface area contributed by atoms with Gasteiger partial charge in [0.25, 0.3) is 0 Å². The molecule has 0 heterocycles. The molecule has 0 rings (SSSR count). The number of hydrogen-bond acceptors (Lipinski definition) is 3. The summed E-state index contributed by atoms with van der Waals surface area (Å²) in [6.07, 6.45) is 0.848. The van der Waals surface area contributed by atoms with Crippen molar-refractivity contribution in [1.29, 1.82) is 0 Å². The minimum atomic E-state index is -0.523. The van der Waals surface area contributed by atoms with Gasteiger partial charge in [-0.05, 0) is 5.92 Å². The Morgan fingerprint density at radius 2 is 2.00 bits per heavy atom. The van der Waals surface area contributed by atoms with Crippen molar-refractivity contribution in [2.45, 2.75) is 26.3 Å². The van der Waals surface area contributed by atoms with Gasteiger partial charge in [0.1, 0.15) is 0 Å². The van der Waals surface area contributed by atoms with Crippen molar-refractivity contribution in [3.63, 3.8) is 0 Å². The van der Waals surface area contributed by atoms with Crippen LogP contribution in [0.3, 0.4) is 0 Å². The van der Waals surface area contributed by atoms with Crippen LogP contribution < -0.4 is 11.1 Å². The van der Waals surface area contributed by atoms with E-state index in [9.17, 15) is 9.59 Å². The predicted octanol–water partition coefficient (Wildman–Crippen LogP) is -0.436. The monoisotopic (exact) mass is 215 g/mol. The molecular formula is C10H21N3O2. The molecule has 0 saturated heterocycles. The fourth-order valence-electron chi connectivity index (χ4n) is 1.12. The maximum absolute atomic E-state index is 11.7. The van der Waals surface area contributed by atoms with Crippen LogP contribution in [0.15, 0.2) is 0 Å². The molecule has 0 aliphatic carbocycles. The zero-order chi connectivity index (χ0) is 12.0. The van der Waals surface area contributed by atoms with Gasteiger partial charge in [-0.15, -0.1) is 0 Å². The van der Waals surface area contributed by atoms with Crippen molar-refractivity contribution in [3.8, 4) is 0 Å². The Morgan fingerprint density at radius 3 is 2.40 bits per heavy atom. The Bertz CT molecular complexity index is 231. The molecule has 5 heteroatoms. The van der Waals surface area contributed by atoms with Gasteiger partial charge in [-0.25, -0.2) is 0 Å². The third-order valence-electron chi connectivity index (χ3n) is 2.58. The Kier molecular flexibility index (Phi) is 5.93. The topological polar surface area (TPSA) is 75.4 Å². The number of hydrogen-bond donors (Lipinski definition) is 2. The maximum atomic E-state index is 11.7. The molecule has 0 radical (unpaired) electrons. The fourth-order valence-corrected chi connectivity index (χ4v) is 1.12. The van der Waals surface area contributed by atoms with Gasteiger partial charge in [0.2, 0.25) is 11.8 Å². The Balaban J connectivity index is 4.25. The molecule has 5 nitrogen and oxygen atoms in total. The number of carbonyl (C=O) groups is 2. The van der Waals surface area contributed by atoms with Crippen LogP contribution in [0.2, 0.25) is 0 Å². The van der Waals surface area contributed by atoms with Crippen LogP contribution in [0, 0.1) is 5.92 Å². The predicted molar refractivity (Wildman–Crippen MR) is 59.1 cm³/mol. The molecule has 0 spiro atoms. The lowest BCUT2D eigenvalue weighted by atomic mass is 9.99. The van der Waals surface area contributed by atoms with Gasteiger partial charge in [0.15, 0.2) is 0 Å². The molecule has 0 fully saturated rings. The third kappa shape index (κ3) is 4.29. The molecule has 0 aliphatic rings. The number of carbonyl (C=O) groups excluding carboxylic acids is 2. The van der Waals surface area contributed by atoms with Gasteiger partial charge in [0, 0.05) is 14.1 Å². The Labute approximate surface area is 91.0 Å². The second-order valence-electron chi connectivity index (χ2n) is 3.78. The normalized spacial score (nSPS) is 14.2. The van der Waals surface area contributed by atoms with Crippen LogP contribution in [0.4, 0.5) is 0 Å². The quantitative estimate of drug-likeness (QED) is 0.653. The highest BCUT2D eigenvalue weighted by molar-refractivity contribution is 5.87. The smallest absolute Gasteiger partial charge is 0.239 e. The largest absolute Gasteiger partial charge is 0.358 e. The summed E-state index contributed by atoms with van der Waals surface area (Å²) in [5.41, 5.74) is 5.77. The highest BCUT2D eigenvalue weighted by atomic mass is 16.2. The van der Waals surface area contributed by atoms with Crippen LogP contribution in [0.5, 0.6) is 0 Å². The van der Waals surface area contributed by atoms with E-state index in [1.165, 1.54) is 11.9 Å². The van der Waals surface area contributed by atoms with Crippen molar-refractivity contribution in [2.75, 3.05) is 20.6 Å². The van der Waals surface area contributed by atoms with Crippen LogP contribution >= 0.6 is 0 Å². The molecule has 0 saturated carbocycles. The van der Waals surface area contributed by atoms with Gasteiger partial charge in [0.05, 0.1) is 12.6 Å². The second kappa shape index (κ2) is 6.40. The third-order valence-corrected chi connectivity index (χ3v) is 2.58. The summed E-state index contributed by atoms with van der Waals surface area (Å²) in [7, 11) is 3.12. The molecule has 2 amide bonds. The molecule has 0 unspecified atom stereocenters. The molecule has 15 heavy (non-hydrogen) atoms. The fraction of sp³-hybridized carbons (Fsp3) is 0.800. The van der Waals surface area contributed by atoms with Gasteiger partial charge in [-0.2, -0.15) is 0 Å². The Morgan fingerprint density at radius 1 is 1.47 bits per heavy atom. The first-order chi connectivity index (χ1) is 6.93. The highest BCUT2D eigenvalue weighted by Gasteiger charge is 2.23. The van der Waals surface area contributed by atoms with Crippen LogP contribution in [0.25, 0.3) is 0 Å².